The summed E-state index contributed by atoms with van der Waals surface area (Å²) in [5.41, 5.74) is 1.18. The van der Waals surface area contributed by atoms with Gasteiger partial charge in [0.25, 0.3) is 0 Å². The summed E-state index contributed by atoms with van der Waals surface area (Å²) in [6, 6.07) is 5.94. The molecule has 0 radical (unpaired) electrons. The highest BCUT2D eigenvalue weighted by Crippen LogP contribution is 2.34. The quantitative estimate of drug-likeness (QED) is 0.745. The standard InChI is InChI=1S/C15H23ClO2/c1-11(9-16)10-18-14-7-6-12(17-5)8-13(14)15(2,3)4/h6-8,11H,9-10H2,1-5H3. The highest BCUT2D eigenvalue weighted by molar-refractivity contribution is 6.18. The Kier molecular flexibility index (Phi) is 5.33. The Morgan fingerprint density at radius 2 is 1.94 bits per heavy atom. The van der Waals surface area contributed by atoms with Crippen molar-refractivity contribution in [3.05, 3.63) is 23.8 Å². The molecular weight excluding hydrogens is 248 g/mol. The zero-order chi connectivity index (χ0) is 13.8. The molecule has 2 nitrogen and oxygen atoms in total. The topological polar surface area (TPSA) is 18.5 Å². The number of methoxy groups -OCH3 is 1. The maximum absolute atomic E-state index is 5.88. The van der Waals surface area contributed by atoms with Crippen molar-refractivity contribution < 1.29 is 9.47 Å². The fraction of sp³-hybridized carbons (Fsp3) is 0.600. The number of benzene rings is 1. The van der Waals surface area contributed by atoms with E-state index in [4.69, 9.17) is 21.1 Å². The minimum absolute atomic E-state index is 0.0219. The Bertz CT molecular complexity index is 383. The van der Waals surface area contributed by atoms with Gasteiger partial charge in [-0.2, -0.15) is 0 Å². The molecule has 1 atom stereocenters. The Morgan fingerprint density at radius 1 is 1.28 bits per heavy atom. The van der Waals surface area contributed by atoms with E-state index in [1.807, 2.05) is 18.2 Å². The minimum atomic E-state index is 0.0219. The molecule has 0 aliphatic heterocycles. The number of rotatable bonds is 5. The Morgan fingerprint density at radius 3 is 2.44 bits per heavy atom. The summed E-state index contributed by atoms with van der Waals surface area (Å²) in [5.74, 6) is 2.74. The van der Waals surface area contributed by atoms with Crippen LogP contribution in [0.4, 0.5) is 0 Å². The first kappa shape index (κ1) is 15.2. The van der Waals surface area contributed by atoms with E-state index >= 15 is 0 Å². The van der Waals surface area contributed by atoms with Crippen LogP contribution in [0.15, 0.2) is 18.2 Å². The highest BCUT2D eigenvalue weighted by atomic mass is 35.5. The van der Waals surface area contributed by atoms with Gasteiger partial charge in [0.1, 0.15) is 11.5 Å². The van der Waals surface area contributed by atoms with Gasteiger partial charge in [-0.25, -0.2) is 0 Å². The average Bonchev–Trinajstić information content (AvgIpc) is 2.34. The van der Waals surface area contributed by atoms with Crippen LogP contribution in [-0.4, -0.2) is 19.6 Å². The van der Waals surface area contributed by atoms with E-state index in [0.717, 1.165) is 17.1 Å². The zero-order valence-corrected chi connectivity index (χ0v) is 12.7. The predicted octanol–water partition coefficient (Wildman–Crippen LogP) is 4.25. The maximum Gasteiger partial charge on any atom is 0.123 e. The number of hydrogen-bond donors (Lipinski definition) is 0. The average molecular weight is 271 g/mol. The van der Waals surface area contributed by atoms with Gasteiger partial charge >= 0.3 is 0 Å². The highest BCUT2D eigenvalue weighted by Gasteiger charge is 2.20. The van der Waals surface area contributed by atoms with E-state index in [1.165, 1.54) is 0 Å². The summed E-state index contributed by atoms with van der Waals surface area (Å²) in [6.45, 7) is 9.21. The van der Waals surface area contributed by atoms with Crippen molar-refractivity contribution in [1.29, 1.82) is 0 Å². The lowest BCUT2D eigenvalue weighted by Gasteiger charge is -2.24. The third kappa shape index (κ3) is 4.09. The minimum Gasteiger partial charge on any atom is -0.497 e. The summed E-state index contributed by atoms with van der Waals surface area (Å²) >= 11 is 5.80. The molecule has 1 aromatic rings. The molecule has 3 heteroatoms. The Hall–Kier alpha value is -0.890. The largest absolute Gasteiger partial charge is 0.497 e. The SMILES string of the molecule is COc1ccc(OCC(C)CCl)c(C(C)(C)C)c1. The molecule has 0 aliphatic carbocycles. The molecule has 0 N–H and O–H groups in total. The van der Waals surface area contributed by atoms with Crippen molar-refractivity contribution in [3.8, 4) is 11.5 Å². The third-order valence-corrected chi connectivity index (χ3v) is 3.31. The third-order valence-electron chi connectivity index (χ3n) is 2.78. The van der Waals surface area contributed by atoms with Crippen molar-refractivity contribution in [1.82, 2.24) is 0 Å². The van der Waals surface area contributed by atoms with E-state index in [-0.39, 0.29) is 5.41 Å². The van der Waals surface area contributed by atoms with Crippen molar-refractivity contribution in [3.63, 3.8) is 0 Å². The molecule has 0 saturated heterocycles. The lowest BCUT2D eigenvalue weighted by atomic mass is 9.86. The van der Waals surface area contributed by atoms with Gasteiger partial charge in [-0.1, -0.05) is 27.7 Å². The van der Waals surface area contributed by atoms with Crippen LogP contribution in [0.1, 0.15) is 33.3 Å². The maximum atomic E-state index is 5.88. The van der Waals surface area contributed by atoms with Gasteiger partial charge in [0.05, 0.1) is 13.7 Å². The van der Waals surface area contributed by atoms with Crippen LogP contribution in [-0.2, 0) is 5.41 Å². The molecule has 0 aliphatic rings. The number of ether oxygens (including phenoxy) is 2. The first-order valence-electron chi connectivity index (χ1n) is 6.25. The fourth-order valence-electron chi connectivity index (χ4n) is 1.62. The molecule has 0 amide bonds. The monoisotopic (exact) mass is 270 g/mol. The van der Waals surface area contributed by atoms with Crippen LogP contribution in [0.3, 0.4) is 0 Å². The van der Waals surface area contributed by atoms with Gasteiger partial charge in [0.15, 0.2) is 0 Å². The summed E-state index contributed by atoms with van der Waals surface area (Å²) < 4.78 is 11.2. The Labute approximate surface area is 115 Å². The van der Waals surface area contributed by atoms with Gasteiger partial charge in [-0.3, -0.25) is 0 Å². The van der Waals surface area contributed by atoms with Crippen molar-refractivity contribution in [2.24, 2.45) is 5.92 Å². The van der Waals surface area contributed by atoms with Gasteiger partial charge in [-0.05, 0) is 23.6 Å². The van der Waals surface area contributed by atoms with Crippen LogP contribution in [0, 0.1) is 5.92 Å². The van der Waals surface area contributed by atoms with Crippen molar-refractivity contribution in [2.45, 2.75) is 33.1 Å². The zero-order valence-electron chi connectivity index (χ0n) is 11.9. The molecule has 0 saturated carbocycles. The smallest absolute Gasteiger partial charge is 0.123 e. The molecule has 18 heavy (non-hydrogen) atoms. The van der Waals surface area contributed by atoms with Crippen LogP contribution in [0.5, 0.6) is 11.5 Å². The second-order valence-corrected chi connectivity index (χ2v) is 5.99. The molecule has 0 spiro atoms. The van der Waals surface area contributed by atoms with Gasteiger partial charge in [-0.15, -0.1) is 11.6 Å². The predicted molar refractivity (Wildman–Crippen MR) is 77.1 cm³/mol. The van der Waals surface area contributed by atoms with Gasteiger partial charge < -0.3 is 9.47 Å². The van der Waals surface area contributed by atoms with Crippen molar-refractivity contribution in [2.75, 3.05) is 19.6 Å². The number of hydrogen-bond acceptors (Lipinski definition) is 2. The summed E-state index contributed by atoms with van der Waals surface area (Å²) in [4.78, 5) is 0. The van der Waals surface area contributed by atoms with E-state index in [0.29, 0.717) is 18.4 Å². The second-order valence-electron chi connectivity index (χ2n) is 5.68. The molecule has 102 valence electrons. The normalized spacial score (nSPS) is 13.2. The second kappa shape index (κ2) is 6.33. The van der Waals surface area contributed by atoms with E-state index in [2.05, 4.69) is 27.7 Å². The van der Waals surface area contributed by atoms with E-state index in [1.54, 1.807) is 7.11 Å². The lowest BCUT2D eigenvalue weighted by molar-refractivity contribution is 0.266. The first-order chi connectivity index (χ1) is 8.38. The number of alkyl halides is 1. The van der Waals surface area contributed by atoms with Crippen LogP contribution in [0.2, 0.25) is 0 Å². The van der Waals surface area contributed by atoms with E-state index in [9.17, 15) is 0 Å². The Balaban J connectivity index is 2.96. The lowest BCUT2D eigenvalue weighted by Crippen LogP contribution is -2.16. The van der Waals surface area contributed by atoms with Crippen molar-refractivity contribution >= 4 is 11.6 Å². The van der Waals surface area contributed by atoms with E-state index < -0.39 is 0 Å². The summed E-state index contributed by atoms with van der Waals surface area (Å²) in [7, 11) is 1.68. The molecule has 1 unspecified atom stereocenters. The molecular formula is C15H23ClO2. The molecule has 0 heterocycles. The van der Waals surface area contributed by atoms with Gasteiger partial charge in [0.2, 0.25) is 0 Å². The molecule has 0 fully saturated rings. The fourth-order valence-corrected chi connectivity index (χ4v) is 1.71. The van der Waals surface area contributed by atoms with Crippen LogP contribution >= 0.6 is 11.6 Å². The summed E-state index contributed by atoms with van der Waals surface area (Å²) in [5, 5.41) is 0. The van der Waals surface area contributed by atoms with Crippen LogP contribution in [0.25, 0.3) is 0 Å². The molecule has 1 rings (SSSR count). The van der Waals surface area contributed by atoms with Gasteiger partial charge in [0, 0.05) is 17.4 Å². The molecule has 0 bridgehead atoms. The molecule has 0 aromatic heterocycles. The molecule has 1 aromatic carbocycles. The van der Waals surface area contributed by atoms with Crippen LogP contribution < -0.4 is 9.47 Å². The number of halogens is 1. The first-order valence-corrected chi connectivity index (χ1v) is 6.79. The summed E-state index contributed by atoms with van der Waals surface area (Å²) in [6.07, 6.45) is 0.